The molecule has 0 fully saturated rings. The Morgan fingerprint density at radius 1 is 1.29 bits per heavy atom. The molecular formula is C17H21N3O4. The zero-order chi connectivity index (χ0) is 17.5. The van der Waals surface area contributed by atoms with Crippen LogP contribution in [0.15, 0.2) is 36.4 Å². The second-order valence-electron chi connectivity index (χ2n) is 5.55. The van der Waals surface area contributed by atoms with Crippen LogP contribution in [0.25, 0.3) is 5.69 Å². The molecule has 0 aliphatic carbocycles. The smallest absolute Gasteiger partial charge is 0.305 e. The van der Waals surface area contributed by atoms with Gasteiger partial charge in [-0.25, -0.2) is 4.68 Å². The molecule has 128 valence electrons. The van der Waals surface area contributed by atoms with Gasteiger partial charge in [-0.1, -0.05) is 38.0 Å². The molecule has 1 aromatic carbocycles. The number of nitrogens with zero attached hydrogens (tertiary/aromatic N) is 2. The Hall–Kier alpha value is -2.83. The lowest BCUT2D eigenvalue weighted by Gasteiger charge is -2.15. The lowest BCUT2D eigenvalue weighted by atomic mass is 10.1. The summed E-state index contributed by atoms with van der Waals surface area (Å²) < 4.78 is 1.26. The summed E-state index contributed by atoms with van der Waals surface area (Å²) in [5.41, 5.74) is 0.672. The number of carbonyl (C=O) groups is 2. The van der Waals surface area contributed by atoms with Crippen LogP contribution in [0, 0.1) is 0 Å². The van der Waals surface area contributed by atoms with Crippen molar-refractivity contribution >= 4 is 11.9 Å². The van der Waals surface area contributed by atoms with Crippen LogP contribution < -0.4 is 5.32 Å². The number of hydrogen-bond donors (Lipinski definition) is 3. The minimum atomic E-state index is -0.964. The first kappa shape index (κ1) is 17.5. The van der Waals surface area contributed by atoms with Gasteiger partial charge in [0.2, 0.25) is 5.88 Å². The van der Waals surface area contributed by atoms with E-state index < -0.39 is 17.9 Å². The van der Waals surface area contributed by atoms with E-state index in [1.165, 1.54) is 10.7 Å². The van der Waals surface area contributed by atoms with E-state index in [-0.39, 0.29) is 18.0 Å². The minimum Gasteiger partial charge on any atom is -0.493 e. The average molecular weight is 331 g/mol. The number of carboxylic acids is 1. The van der Waals surface area contributed by atoms with Gasteiger partial charge in [0.25, 0.3) is 5.91 Å². The molecule has 3 N–H and O–H groups in total. The van der Waals surface area contributed by atoms with Crippen molar-refractivity contribution in [1.82, 2.24) is 15.1 Å². The summed E-state index contributed by atoms with van der Waals surface area (Å²) in [7, 11) is 0. The van der Waals surface area contributed by atoms with Gasteiger partial charge in [-0.05, 0) is 18.6 Å². The standard InChI is InChI=1S/C17H21N3O4/c1-2-3-7-12(10-16(22)23)18-17(24)14-11-15(21)20(19-14)13-8-5-4-6-9-13/h4-6,8-9,11-12,21H,2-3,7,10H2,1H3,(H,18,24)(H,22,23). The van der Waals surface area contributed by atoms with E-state index in [1.807, 2.05) is 13.0 Å². The van der Waals surface area contributed by atoms with Gasteiger partial charge in [0.15, 0.2) is 5.69 Å². The number of para-hydroxylation sites is 1. The summed E-state index contributed by atoms with van der Waals surface area (Å²) >= 11 is 0. The lowest BCUT2D eigenvalue weighted by molar-refractivity contribution is -0.137. The number of aromatic hydroxyl groups is 1. The molecular weight excluding hydrogens is 310 g/mol. The number of unbranched alkanes of at least 4 members (excludes halogenated alkanes) is 1. The fourth-order valence-corrected chi connectivity index (χ4v) is 2.39. The van der Waals surface area contributed by atoms with E-state index in [9.17, 15) is 14.7 Å². The van der Waals surface area contributed by atoms with Crippen molar-refractivity contribution in [2.24, 2.45) is 0 Å². The third-order valence-electron chi connectivity index (χ3n) is 3.59. The van der Waals surface area contributed by atoms with Crippen LogP contribution in [-0.4, -0.2) is 37.9 Å². The molecule has 1 amide bonds. The van der Waals surface area contributed by atoms with E-state index in [0.29, 0.717) is 12.1 Å². The maximum Gasteiger partial charge on any atom is 0.305 e. The third kappa shape index (κ3) is 4.58. The molecule has 1 atom stereocenters. The fraction of sp³-hybridized carbons (Fsp3) is 0.353. The zero-order valence-corrected chi connectivity index (χ0v) is 13.5. The van der Waals surface area contributed by atoms with Crippen LogP contribution in [0.3, 0.4) is 0 Å². The highest BCUT2D eigenvalue weighted by atomic mass is 16.4. The Labute approximate surface area is 139 Å². The van der Waals surface area contributed by atoms with Gasteiger partial charge >= 0.3 is 5.97 Å². The number of hydrogen-bond acceptors (Lipinski definition) is 4. The van der Waals surface area contributed by atoms with Gasteiger partial charge in [0.05, 0.1) is 12.1 Å². The molecule has 0 saturated heterocycles. The van der Waals surface area contributed by atoms with Crippen LogP contribution in [0.5, 0.6) is 5.88 Å². The van der Waals surface area contributed by atoms with Crippen molar-refractivity contribution in [1.29, 1.82) is 0 Å². The summed E-state index contributed by atoms with van der Waals surface area (Å²) in [5.74, 6) is -1.62. The molecule has 1 unspecified atom stereocenters. The predicted molar refractivity (Wildman–Crippen MR) is 88.3 cm³/mol. The molecule has 0 spiro atoms. The van der Waals surface area contributed by atoms with E-state index in [2.05, 4.69) is 10.4 Å². The molecule has 0 radical (unpaired) electrons. The number of nitrogens with one attached hydrogen (secondary N) is 1. The van der Waals surface area contributed by atoms with Crippen molar-refractivity contribution < 1.29 is 19.8 Å². The highest BCUT2D eigenvalue weighted by Gasteiger charge is 2.20. The topological polar surface area (TPSA) is 104 Å². The molecule has 2 rings (SSSR count). The summed E-state index contributed by atoms with van der Waals surface area (Å²) in [6.07, 6.45) is 2.17. The number of aliphatic carboxylic acids is 1. The Balaban J connectivity index is 2.12. The Bertz CT molecular complexity index is 697. The van der Waals surface area contributed by atoms with Crippen LogP contribution in [0.2, 0.25) is 0 Å². The zero-order valence-electron chi connectivity index (χ0n) is 13.5. The molecule has 1 heterocycles. The number of carboxylic acid groups (broad SMARTS) is 1. The summed E-state index contributed by atoms with van der Waals surface area (Å²) in [5, 5.41) is 25.7. The fourth-order valence-electron chi connectivity index (χ4n) is 2.39. The molecule has 7 nitrogen and oxygen atoms in total. The molecule has 0 saturated carbocycles. The molecule has 2 aromatic rings. The van der Waals surface area contributed by atoms with Crippen molar-refractivity contribution in [2.75, 3.05) is 0 Å². The maximum atomic E-state index is 12.3. The molecule has 0 aliphatic heterocycles. The summed E-state index contributed by atoms with van der Waals surface area (Å²) in [6, 6.07) is 9.74. The highest BCUT2D eigenvalue weighted by Crippen LogP contribution is 2.18. The van der Waals surface area contributed by atoms with Crippen LogP contribution in [0.4, 0.5) is 0 Å². The van der Waals surface area contributed by atoms with E-state index in [1.54, 1.807) is 24.3 Å². The lowest BCUT2D eigenvalue weighted by Crippen LogP contribution is -2.36. The molecule has 7 heteroatoms. The van der Waals surface area contributed by atoms with Gasteiger partial charge in [-0.2, -0.15) is 5.10 Å². The van der Waals surface area contributed by atoms with Crippen molar-refractivity contribution in [3.05, 3.63) is 42.1 Å². The van der Waals surface area contributed by atoms with Gasteiger partial charge in [-0.3, -0.25) is 9.59 Å². The predicted octanol–water partition coefficient (Wildman–Crippen LogP) is 2.34. The van der Waals surface area contributed by atoms with E-state index in [0.717, 1.165) is 12.8 Å². The number of benzene rings is 1. The largest absolute Gasteiger partial charge is 0.493 e. The SMILES string of the molecule is CCCCC(CC(=O)O)NC(=O)c1cc(O)n(-c2ccccc2)n1. The quantitative estimate of drug-likeness (QED) is 0.688. The average Bonchev–Trinajstić information content (AvgIpc) is 2.95. The normalized spacial score (nSPS) is 11.9. The highest BCUT2D eigenvalue weighted by molar-refractivity contribution is 5.93. The van der Waals surface area contributed by atoms with Gasteiger partial charge < -0.3 is 15.5 Å². The first-order valence-corrected chi connectivity index (χ1v) is 7.88. The number of amides is 1. The van der Waals surface area contributed by atoms with Crippen molar-refractivity contribution in [3.8, 4) is 11.6 Å². The first-order valence-electron chi connectivity index (χ1n) is 7.88. The molecule has 0 bridgehead atoms. The summed E-state index contributed by atoms with van der Waals surface area (Å²) in [6.45, 7) is 2.00. The number of rotatable bonds is 8. The van der Waals surface area contributed by atoms with Gasteiger partial charge in [0.1, 0.15) is 0 Å². The number of carbonyl (C=O) groups excluding carboxylic acids is 1. The maximum absolute atomic E-state index is 12.3. The Kier molecular flexibility index (Phi) is 5.95. The third-order valence-corrected chi connectivity index (χ3v) is 3.59. The first-order chi connectivity index (χ1) is 11.5. The van der Waals surface area contributed by atoms with E-state index >= 15 is 0 Å². The van der Waals surface area contributed by atoms with E-state index in [4.69, 9.17) is 5.11 Å². The second kappa shape index (κ2) is 8.14. The van der Waals surface area contributed by atoms with Gasteiger partial charge in [0, 0.05) is 12.1 Å². The Morgan fingerprint density at radius 2 is 2.00 bits per heavy atom. The van der Waals surface area contributed by atoms with Crippen molar-refractivity contribution in [3.63, 3.8) is 0 Å². The summed E-state index contributed by atoms with van der Waals surface area (Å²) in [4.78, 5) is 23.2. The molecule has 0 aliphatic rings. The monoisotopic (exact) mass is 331 g/mol. The molecule has 24 heavy (non-hydrogen) atoms. The van der Waals surface area contributed by atoms with Crippen LogP contribution in [0.1, 0.15) is 43.1 Å². The second-order valence-corrected chi connectivity index (χ2v) is 5.55. The van der Waals surface area contributed by atoms with Crippen molar-refractivity contribution in [2.45, 2.75) is 38.6 Å². The van der Waals surface area contributed by atoms with Crippen LogP contribution >= 0.6 is 0 Å². The van der Waals surface area contributed by atoms with Gasteiger partial charge in [-0.15, -0.1) is 0 Å². The Morgan fingerprint density at radius 3 is 2.62 bits per heavy atom. The number of aromatic nitrogens is 2. The molecule has 1 aromatic heterocycles. The minimum absolute atomic E-state index is 0.0447. The van der Waals surface area contributed by atoms with Crippen LogP contribution in [-0.2, 0) is 4.79 Å².